The highest BCUT2D eigenvalue weighted by Gasteiger charge is 2.21. The molecule has 0 saturated carbocycles. The van der Waals surface area contributed by atoms with Crippen molar-refractivity contribution in [1.29, 1.82) is 0 Å². The number of halogens is 2. The summed E-state index contributed by atoms with van der Waals surface area (Å²) >= 11 is 13.0. The Kier molecular flexibility index (Phi) is 17.2. The van der Waals surface area contributed by atoms with Crippen molar-refractivity contribution in [2.45, 2.75) is 65.9 Å². The first-order chi connectivity index (χ1) is 26.6. The Bertz CT molecular complexity index is 2090. The third-order valence-corrected chi connectivity index (χ3v) is 9.24. The third kappa shape index (κ3) is 11.9. The van der Waals surface area contributed by atoms with E-state index >= 15 is 0 Å². The van der Waals surface area contributed by atoms with Gasteiger partial charge in [0, 0.05) is 56.9 Å². The van der Waals surface area contributed by atoms with E-state index in [4.69, 9.17) is 52.0 Å². The molecule has 56 heavy (non-hydrogen) atoms. The third-order valence-electron chi connectivity index (χ3n) is 8.48. The van der Waals surface area contributed by atoms with Gasteiger partial charge >= 0.3 is 12.1 Å². The summed E-state index contributed by atoms with van der Waals surface area (Å²) < 4.78 is 27.2. The Morgan fingerprint density at radius 1 is 0.625 bits per heavy atom. The van der Waals surface area contributed by atoms with Gasteiger partial charge in [-0.1, -0.05) is 84.6 Å². The largest absolute Gasteiger partial charge is 0.495 e. The van der Waals surface area contributed by atoms with Gasteiger partial charge in [-0.3, -0.25) is 4.79 Å². The average molecular weight is 812 g/mol. The molecule has 0 atom stereocenters. The van der Waals surface area contributed by atoms with E-state index in [0.29, 0.717) is 62.8 Å². The molecule has 0 bridgehead atoms. The van der Waals surface area contributed by atoms with Crippen LogP contribution in [0.4, 0.5) is 4.79 Å². The summed E-state index contributed by atoms with van der Waals surface area (Å²) in [6.45, 7) is 9.88. The summed E-state index contributed by atoms with van der Waals surface area (Å²) in [4.78, 5) is 35.3. The number of benzene rings is 4. The van der Waals surface area contributed by atoms with E-state index in [2.05, 4.69) is 10.6 Å². The molecule has 4 rings (SSSR count). The van der Waals surface area contributed by atoms with Gasteiger partial charge in [0.15, 0.2) is 0 Å². The number of hydrogen-bond acceptors (Lipinski definition) is 8. The predicted octanol–water partition coefficient (Wildman–Crippen LogP) is 10.1. The summed E-state index contributed by atoms with van der Waals surface area (Å²) in [5.41, 5.74) is 1.28. The quantitative estimate of drug-likeness (QED) is 0.0790. The van der Waals surface area contributed by atoms with Gasteiger partial charge < -0.3 is 39.4 Å². The number of fused-ring (bicyclic) bond motifs is 2. The summed E-state index contributed by atoms with van der Waals surface area (Å²) in [5.74, 6) is 0.985. The van der Waals surface area contributed by atoms with E-state index in [-0.39, 0.29) is 11.5 Å². The fourth-order valence-electron chi connectivity index (χ4n) is 5.84. The van der Waals surface area contributed by atoms with Gasteiger partial charge in [-0.2, -0.15) is 0 Å². The minimum absolute atomic E-state index is 0.160. The van der Waals surface area contributed by atoms with Crippen LogP contribution in [0.3, 0.4) is 0 Å². The lowest BCUT2D eigenvalue weighted by Crippen LogP contribution is -2.33. The average Bonchev–Trinajstić information content (AvgIpc) is 3.16. The molecule has 0 saturated heterocycles. The fraction of sp³-hybridized carbons (Fsp3) is 0.372. The van der Waals surface area contributed by atoms with E-state index in [1.54, 1.807) is 27.2 Å². The van der Waals surface area contributed by atoms with E-state index in [1.165, 1.54) is 27.2 Å². The molecule has 0 fully saturated rings. The maximum absolute atomic E-state index is 12.6. The zero-order chi connectivity index (χ0) is 41.6. The van der Waals surface area contributed by atoms with Gasteiger partial charge in [0.05, 0.1) is 38.5 Å². The van der Waals surface area contributed by atoms with Crippen LogP contribution in [0.25, 0.3) is 33.7 Å². The first-order valence-corrected chi connectivity index (χ1v) is 18.8. The molecular weight excluding hydrogens is 759 g/mol. The van der Waals surface area contributed by atoms with Crippen molar-refractivity contribution in [3.63, 3.8) is 0 Å². The van der Waals surface area contributed by atoms with Crippen LogP contribution in [0, 0.1) is 0 Å². The minimum atomic E-state index is -1.01. The van der Waals surface area contributed by atoms with Gasteiger partial charge in [-0.15, -0.1) is 0 Å². The molecule has 0 aliphatic carbocycles. The minimum Gasteiger partial charge on any atom is -0.495 e. The SMILES string of the molecule is COc1c(Cl)c(/C=C(\C)C(=O)NCCCCCCNC(=O)OC(C)(C)C)c(OC)c2ccccc12.COc1c(Cl)c(/C=C(\C)C(=O)O)c(OC)c2ccccc12. The number of carbonyl (C=O) groups excluding carboxylic acids is 2. The van der Waals surface area contributed by atoms with Gasteiger partial charge in [0.25, 0.3) is 0 Å². The molecule has 2 amide bonds. The number of carboxylic acid groups (broad SMARTS) is 1. The van der Waals surface area contributed by atoms with E-state index in [9.17, 15) is 14.4 Å². The number of unbranched alkanes of at least 4 members (excludes halogenated alkanes) is 3. The molecule has 0 heterocycles. The van der Waals surface area contributed by atoms with Crippen LogP contribution in [-0.4, -0.2) is 70.2 Å². The number of carboxylic acids is 1. The Morgan fingerprint density at radius 3 is 1.38 bits per heavy atom. The highest BCUT2D eigenvalue weighted by molar-refractivity contribution is 6.36. The van der Waals surface area contributed by atoms with Gasteiger partial charge in [-0.25, -0.2) is 9.59 Å². The number of methoxy groups -OCH3 is 4. The molecule has 11 nitrogen and oxygen atoms in total. The first-order valence-electron chi connectivity index (χ1n) is 18.1. The standard InChI is InChI=1S/C27H37ClN2O5.C16H15ClO4/c1-18(25(31)29-15-11-7-8-12-16-30-26(32)35-27(2,3)4)17-21-22(28)24(34-6)20-14-10-9-13-19(20)23(21)33-5;1-9(16(18)19)8-12-13(17)15(21-3)11-7-5-4-6-10(11)14(12)20-2/h9-10,13-14,17H,7-8,11-12,15-16H2,1-6H3,(H,29,31)(H,30,32);4-8H,1-3H3,(H,18,19)/b18-17+;9-8+. The second kappa shape index (κ2) is 21.2. The zero-order valence-electron chi connectivity index (χ0n) is 33.5. The number of rotatable bonds is 15. The van der Waals surface area contributed by atoms with Gasteiger partial charge in [0.2, 0.25) is 5.91 Å². The van der Waals surface area contributed by atoms with Crippen LogP contribution in [0.15, 0.2) is 59.7 Å². The summed E-state index contributed by atoms with van der Waals surface area (Å²) in [6.07, 6.45) is 6.41. The Balaban J connectivity index is 0.000000340. The number of ether oxygens (including phenoxy) is 5. The van der Waals surface area contributed by atoms with E-state index < -0.39 is 17.7 Å². The van der Waals surface area contributed by atoms with Crippen molar-refractivity contribution in [1.82, 2.24) is 10.6 Å². The van der Waals surface area contributed by atoms with Crippen LogP contribution in [0.2, 0.25) is 10.0 Å². The highest BCUT2D eigenvalue weighted by atomic mass is 35.5. The topological polar surface area (TPSA) is 142 Å². The molecule has 0 aromatic heterocycles. The van der Waals surface area contributed by atoms with Crippen molar-refractivity contribution < 1.29 is 43.2 Å². The molecule has 0 spiro atoms. The second-order valence-electron chi connectivity index (χ2n) is 13.7. The second-order valence-corrected chi connectivity index (χ2v) is 14.5. The van der Waals surface area contributed by atoms with Gasteiger partial charge in [0.1, 0.15) is 28.6 Å². The Morgan fingerprint density at radius 2 is 1.00 bits per heavy atom. The molecule has 0 unspecified atom stereocenters. The van der Waals surface area contributed by atoms with Crippen LogP contribution in [-0.2, 0) is 14.3 Å². The normalized spacial score (nSPS) is 11.7. The van der Waals surface area contributed by atoms with Crippen molar-refractivity contribution in [3.8, 4) is 23.0 Å². The molecule has 0 aliphatic rings. The number of amides is 2. The Hall–Kier alpha value is -5.13. The summed E-state index contributed by atoms with van der Waals surface area (Å²) in [5, 5.41) is 18.8. The van der Waals surface area contributed by atoms with E-state index in [1.807, 2.05) is 69.3 Å². The monoisotopic (exact) mass is 810 g/mol. The molecule has 4 aromatic rings. The molecule has 0 radical (unpaired) electrons. The number of hydrogen-bond donors (Lipinski definition) is 3. The lowest BCUT2D eigenvalue weighted by atomic mass is 10.0. The van der Waals surface area contributed by atoms with Crippen molar-refractivity contribution in [3.05, 3.63) is 80.8 Å². The first kappa shape index (κ1) is 45.3. The Labute approximate surface area is 338 Å². The maximum Gasteiger partial charge on any atom is 0.407 e. The van der Waals surface area contributed by atoms with E-state index in [0.717, 1.165) is 47.2 Å². The molecule has 0 aliphatic heterocycles. The summed E-state index contributed by atoms with van der Waals surface area (Å²) in [7, 11) is 6.21. The highest BCUT2D eigenvalue weighted by Crippen LogP contribution is 2.46. The molecule has 3 N–H and O–H groups in total. The number of alkyl carbamates (subject to hydrolysis) is 1. The number of nitrogens with one attached hydrogen (secondary N) is 2. The van der Waals surface area contributed by atoms with Crippen molar-refractivity contribution in [2.24, 2.45) is 0 Å². The smallest absolute Gasteiger partial charge is 0.407 e. The zero-order valence-corrected chi connectivity index (χ0v) is 35.0. The fourth-order valence-corrected chi connectivity index (χ4v) is 6.47. The lowest BCUT2D eigenvalue weighted by Gasteiger charge is -2.19. The number of carbonyl (C=O) groups is 3. The summed E-state index contributed by atoms with van der Waals surface area (Å²) in [6, 6.07) is 15.2. The van der Waals surface area contributed by atoms with Crippen molar-refractivity contribution >= 4 is 74.9 Å². The van der Waals surface area contributed by atoms with Crippen LogP contribution in [0.5, 0.6) is 23.0 Å². The van der Waals surface area contributed by atoms with Gasteiger partial charge in [-0.05, 0) is 59.6 Å². The van der Waals surface area contributed by atoms with Crippen LogP contribution < -0.4 is 29.6 Å². The molecule has 302 valence electrons. The molecule has 13 heteroatoms. The maximum atomic E-state index is 12.6. The molecule has 4 aromatic carbocycles. The van der Waals surface area contributed by atoms with Crippen LogP contribution >= 0.6 is 23.2 Å². The molecular formula is C43H52Cl2N2O9. The van der Waals surface area contributed by atoms with Crippen molar-refractivity contribution in [2.75, 3.05) is 41.5 Å². The number of aliphatic carboxylic acids is 1. The predicted molar refractivity (Wildman–Crippen MR) is 225 cm³/mol. The van der Waals surface area contributed by atoms with Crippen LogP contribution in [0.1, 0.15) is 71.4 Å². The lowest BCUT2D eigenvalue weighted by molar-refractivity contribution is -0.132.